The van der Waals surface area contributed by atoms with Gasteiger partial charge in [0.15, 0.2) is 0 Å². The number of aryl methyl sites for hydroxylation is 1. The molecule has 164 valence electrons. The molecule has 7 heteroatoms. The standard InChI is InChI=1S/C24H27F2N3O2/c1-3-7-21-27-23(24(25,26)14-4-2)28-29(21)16-18-12-10-17(11-13-18)15-19-8-5-6-9-20(19)22(30)31/h5-6,8-13H,3-4,7,14-16H2,1-2H3,(H,30,31). The highest BCUT2D eigenvalue weighted by molar-refractivity contribution is 5.89. The van der Waals surface area contributed by atoms with Gasteiger partial charge in [0.1, 0.15) is 5.82 Å². The van der Waals surface area contributed by atoms with Crippen LogP contribution in [-0.4, -0.2) is 25.8 Å². The molecule has 31 heavy (non-hydrogen) atoms. The molecule has 0 radical (unpaired) electrons. The zero-order chi connectivity index (χ0) is 22.4. The van der Waals surface area contributed by atoms with Crippen molar-refractivity contribution in [3.8, 4) is 0 Å². The van der Waals surface area contributed by atoms with E-state index in [4.69, 9.17) is 0 Å². The maximum atomic E-state index is 14.3. The molecule has 5 nitrogen and oxygen atoms in total. The second-order valence-electron chi connectivity index (χ2n) is 7.67. The third kappa shape index (κ3) is 5.54. The lowest BCUT2D eigenvalue weighted by molar-refractivity contribution is -0.0232. The number of hydrogen-bond acceptors (Lipinski definition) is 3. The van der Waals surface area contributed by atoms with E-state index in [1.54, 1.807) is 23.7 Å². The Morgan fingerprint density at radius 2 is 1.71 bits per heavy atom. The van der Waals surface area contributed by atoms with Crippen molar-refractivity contribution in [1.82, 2.24) is 14.8 Å². The van der Waals surface area contributed by atoms with Crippen molar-refractivity contribution in [3.05, 3.63) is 82.4 Å². The quantitative estimate of drug-likeness (QED) is 0.467. The lowest BCUT2D eigenvalue weighted by atomic mass is 9.99. The van der Waals surface area contributed by atoms with E-state index in [0.29, 0.717) is 37.2 Å². The minimum absolute atomic E-state index is 0.269. The molecule has 3 rings (SSSR count). The van der Waals surface area contributed by atoms with Gasteiger partial charge >= 0.3 is 11.9 Å². The van der Waals surface area contributed by atoms with Crippen molar-refractivity contribution in [1.29, 1.82) is 0 Å². The van der Waals surface area contributed by atoms with E-state index in [-0.39, 0.29) is 6.42 Å². The minimum Gasteiger partial charge on any atom is -0.478 e. The van der Waals surface area contributed by atoms with Gasteiger partial charge < -0.3 is 5.11 Å². The number of nitrogens with zero attached hydrogens (tertiary/aromatic N) is 3. The van der Waals surface area contributed by atoms with Crippen LogP contribution in [0.25, 0.3) is 0 Å². The van der Waals surface area contributed by atoms with Gasteiger partial charge in [0, 0.05) is 12.8 Å². The smallest absolute Gasteiger partial charge is 0.335 e. The van der Waals surface area contributed by atoms with Crippen LogP contribution >= 0.6 is 0 Å². The average molecular weight is 427 g/mol. The Balaban J connectivity index is 1.78. The van der Waals surface area contributed by atoms with E-state index in [0.717, 1.165) is 23.1 Å². The van der Waals surface area contributed by atoms with Gasteiger partial charge in [-0.3, -0.25) is 0 Å². The Morgan fingerprint density at radius 1 is 1.03 bits per heavy atom. The minimum atomic E-state index is -3.02. The molecule has 0 unspecified atom stereocenters. The summed E-state index contributed by atoms with van der Waals surface area (Å²) in [5.41, 5.74) is 2.92. The van der Waals surface area contributed by atoms with Crippen LogP contribution in [0.4, 0.5) is 8.78 Å². The van der Waals surface area contributed by atoms with Crippen LogP contribution in [0.1, 0.15) is 71.8 Å². The number of carbonyl (C=O) groups is 1. The maximum Gasteiger partial charge on any atom is 0.335 e. The lowest BCUT2D eigenvalue weighted by Crippen LogP contribution is -2.15. The highest BCUT2D eigenvalue weighted by Crippen LogP contribution is 2.30. The van der Waals surface area contributed by atoms with Crippen LogP contribution in [0.3, 0.4) is 0 Å². The number of benzene rings is 2. The zero-order valence-electron chi connectivity index (χ0n) is 17.8. The molecule has 0 fully saturated rings. The molecule has 0 aliphatic carbocycles. The van der Waals surface area contributed by atoms with E-state index in [2.05, 4.69) is 10.1 Å². The van der Waals surface area contributed by atoms with Crippen molar-refractivity contribution in [2.75, 3.05) is 0 Å². The van der Waals surface area contributed by atoms with E-state index < -0.39 is 17.7 Å². The molecule has 0 saturated heterocycles. The number of rotatable bonds is 10. The SMILES string of the molecule is CCCc1nc(C(F)(F)CCC)nn1Cc1ccc(Cc2ccccc2C(=O)O)cc1. The lowest BCUT2D eigenvalue weighted by Gasteiger charge is -2.10. The third-order valence-corrected chi connectivity index (χ3v) is 5.11. The predicted octanol–water partition coefficient (Wildman–Crippen LogP) is 5.46. The summed E-state index contributed by atoms with van der Waals surface area (Å²) in [4.78, 5) is 15.5. The first-order valence-corrected chi connectivity index (χ1v) is 10.5. The van der Waals surface area contributed by atoms with E-state index in [1.165, 1.54) is 0 Å². The second-order valence-corrected chi connectivity index (χ2v) is 7.67. The first-order chi connectivity index (χ1) is 14.8. The monoisotopic (exact) mass is 427 g/mol. The summed E-state index contributed by atoms with van der Waals surface area (Å²) in [5.74, 6) is -3.81. The molecule has 0 aliphatic rings. The first-order valence-electron chi connectivity index (χ1n) is 10.5. The van der Waals surface area contributed by atoms with Gasteiger partial charge in [0.2, 0.25) is 5.82 Å². The van der Waals surface area contributed by atoms with Gasteiger partial charge in [0.25, 0.3) is 0 Å². The summed E-state index contributed by atoms with van der Waals surface area (Å²) in [6.07, 6.45) is 1.96. The fraction of sp³-hybridized carbons (Fsp3) is 0.375. The molecule has 1 aromatic heterocycles. The summed E-state index contributed by atoms with van der Waals surface area (Å²) < 4.78 is 30.2. The van der Waals surface area contributed by atoms with Crippen LogP contribution in [0, 0.1) is 0 Å². The van der Waals surface area contributed by atoms with Gasteiger partial charge in [-0.25, -0.2) is 14.5 Å². The van der Waals surface area contributed by atoms with Gasteiger partial charge in [-0.2, -0.15) is 8.78 Å². The fourth-order valence-corrected chi connectivity index (χ4v) is 3.53. The highest BCUT2D eigenvalue weighted by Gasteiger charge is 2.36. The largest absolute Gasteiger partial charge is 0.478 e. The van der Waals surface area contributed by atoms with Gasteiger partial charge in [-0.05, 0) is 42.0 Å². The number of hydrogen-bond donors (Lipinski definition) is 1. The van der Waals surface area contributed by atoms with E-state index in [1.807, 2.05) is 43.3 Å². The number of halogens is 2. The maximum absolute atomic E-state index is 14.3. The summed E-state index contributed by atoms with van der Waals surface area (Å²) in [7, 11) is 0. The third-order valence-electron chi connectivity index (χ3n) is 5.11. The van der Waals surface area contributed by atoms with Crippen LogP contribution in [0.2, 0.25) is 0 Å². The van der Waals surface area contributed by atoms with Crippen LogP contribution in [-0.2, 0) is 25.3 Å². The number of aromatic nitrogens is 3. The zero-order valence-corrected chi connectivity index (χ0v) is 17.8. The Morgan fingerprint density at radius 3 is 2.35 bits per heavy atom. The Labute approximate surface area is 180 Å². The van der Waals surface area contributed by atoms with Gasteiger partial charge in [-0.15, -0.1) is 5.10 Å². The first kappa shape index (κ1) is 22.6. The van der Waals surface area contributed by atoms with Crippen LogP contribution in [0.15, 0.2) is 48.5 Å². The summed E-state index contributed by atoms with van der Waals surface area (Å²) in [6, 6.07) is 14.6. The molecular formula is C24H27F2N3O2. The summed E-state index contributed by atoms with van der Waals surface area (Å²) in [6.45, 7) is 4.05. The molecule has 0 spiro atoms. The predicted molar refractivity (Wildman–Crippen MR) is 115 cm³/mol. The average Bonchev–Trinajstić information content (AvgIpc) is 3.13. The number of alkyl halides is 2. The molecule has 3 aromatic rings. The summed E-state index contributed by atoms with van der Waals surface area (Å²) >= 11 is 0. The highest BCUT2D eigenvalue weighted by atomic mass is 19.3. The normalized spacial score (nSPS) is 11.6. The molecule has 1 heterocycles. The van der Waals surface area contributed by atoms with Crippen molar-refractivity contribution >= 4 is 5.97 Å². The number of aromatic carboxylic acids is 1. The van der Waals surface area contributed by atoms with Crippen LogP contribution in [0.5, 0.6) is 0 Å². The molecule has 0 bridgehead atoms. The van der Waals surface area contributed by atoms with Crippen LogP contribution < -0.4 is 0 Å². The summed E-state index contributed by atoms with van der Waals surface area (Å²) in [5, 5.41) is 13.5. The Hall–Kier alpha value is -3.09. The van der Waals surface area contributed by atoms with E-state index in [9.17, 15) is 18.7 Å². The molecule has 0 saturated carbocycles. The van der Waals surface area contributed by atoms with Crippen molar-refractivity contribution in [2.24, 2.45) is 0 Å². The van der Waals surface area contributed by atoms with Gasteiger partial charge in [-0.1, -0.05) is 56.3 Å². The molecule has 0 atom stereocenters. The Bertz CT molecular complexity index is 1030. The number of carboxylic acid groups (broad SMARTS) is 1. The molecule has 0 aliphatic heterocycles. The molecule has 0 amide bonds. The second kappa shape index (κ2) is 9.81. The van der Waals surface area contributed by atoms with E-state index >= 15 is 0 Å². The van der Waals surface area contributed by atoms with Crippen molar-refractivity contribution in [3.63, 3.8) is 0 Å². The topological polar surface area (TPSA) is 68.0 Å². The van der Waals surface area contributed by atoms with Crippen molar-refractivity contribution in [2.45, 2.75) is 58.4 Å². The molecular weight excluding hydrogens is 400 g/mol. The molecule has 2 aromatic carbocycles. The fourth-order valence-electron chi connectivity index (χ4n) is 3.53. The van der Waals surface area contributed by atoms with Gasteiger partial charge in [0.05, 0.1) is 12.1 Å². The van der Waals surface area contributed by atoms with Crippen molar-refractivity contribution < 1.29 is 18.7 Å². The Kier molecular flexibility index (Phi) is 7.15. The molecule has 1 N–H and O–H groups in total. The number of carboxylic acids is 1.